The third kappa shape index (κ3) is 3.21. The van der Waals surface area contributed by atoms with Gasteiger partial charge in [-0.2, -0.15) is 0 Å². The molecule has 21 heavy (non-hydrogen) atoms. The minimum atomic E-state index is -0.165. The molecule has 108 valence electrons. The monoisotopic (exact) mass is 281 g/mol. The van der Waals surface area contributed by atoms with Crippen LogP contribution >= 0.6 is 0 Å². The molecular formula is C17H19N3O. The number of hydrogen-bond acceptors (Lipinski definition) is 3. The lowest BCUT2D eigenvalue weighted by Crippen LogP contribution is -2.19. The van der Waals surface area contributed by atoms with Gasteiger partial charge in [-0.25, -0.2) is 0 Å². The smallest absolute Gasteiger partial charge is 0.274 e. The number of carbonyl (C=O) groups excluding carboxylic acids is 1. The molecule has 0 bridgehead atoms. The molecule has 1 amide bonds. The number of aromatic nitrogens is 1. The number of pyridine rings is 1. The summed E-state index contributed by atoms with van der Waals surface area (Å²) in [5, 5.41) is 2.90. The molecule has 4 nitrogen and oxygen atoms in total. The topological polar surface area (TPSA) is 45.2 Å². The van der Waals surface area contributed by atoms with Gasteiger partial charge in [-0.1, -0.05) is 12.1 Å². The van der Waals surface area contributed by atoms with E-state index in [-0.39, 0.29) is 5.91 Å². The van der Waals surface area contributed by atoms with Gasteiger partial charge in [0.05, 0.1) is 0 Å². The summed E-state index contributed by atoms with van der Waals surface area (Å²) in [5.74, 6) is -0.165. The minimum absolute atomic E-state index is 0.165. The molecule has 4 heteroatoms. The van der Waals surface area contributed by atoms with Gasteiger partial charge in [0.2, 0.25) is 0 Å². The summed E-state index contributed by atoms with van der Waals surface area (Å²) in [6.45, 7) is 4.12. The normalized spacial score (nSPS) is 14.2. The largest absolute Gasteiger partial charge is 0.371 e. The zero-order chi connectivity index (χ0) is 14.7. The quantitative estimate of drug-likeness (QED) is 0.939. The highest BCUT2D eigenvalue weighted by atomic mass is 16.1. The zero-order valence-corrected chi connectivity index (χ0v) is 12.2. The first-order chi connectivity index (χ1) is 10.2. The average molecular weight is 281 g/mol. The van der Waals surface area contributed by atoms with Crippen LogP contribution in [0.4, 0.5) is 11.4 Å². The van der Waals surface area contributed by atoms with E-state index < -0.39 is 0 Å². The summed E-state index contributed by atoms with van der Waals surface area (Å²) in [6.07, 6.45) is 4.14. The van der Waals surface area contributed by atoms with Gasteiger partial charge < -0.3 is 10.2 Å². The van der Waals surface area contributed by atoms with Crippen molar-refractivity contribution in [2.45, 2.75) is 19.8 Å². The molecule has 1 fully saturated rings. The Balaban J connectivity index is 1.76. The Morgan fingerprint density at radius 1 is 1.19 bits per heavy atom. The molecule has 0 atom stereocenters. The highest BCUT2D eigenvalue weighted by Gasteiger charge is 2.15. The highest BCUT2D eigenvalue weighted by Crippen LogP contribution is 2.20. The number of benzene rings is 1. The first-order valence-electron chi connectivity index (χ1n) is 7.31. The van der Waals surface area contributed by atoms with Crippen LogP contribution in [0.15, 0.2) is 42.6 Å². The zero-order valence-electron chi connectivity index (χ0n) is 12.2. The van der Waals surface area contributed by atoms with Crippen molar-refractivity contribution in [3.8, 4) is 0 Å². The van der Waals surface area contributed by atoms with Gasteiger partial charge in [-0.3, -0.25) is 9.78 Å². The number of rotatable bonds is 3. The minimum Gasteiger partial charge on any atom is -0.371 e. The number of anilines is 2. The third-order valence-corrected chi connectivity index (χ3v) is 3.72. The Labute approximate surface area is 124 Å². The maximum Gasteiger partial charge on any atom is 0.274 e. The van der Waals surface area contributed by atoms with E-state index in [0.717, 1.165) is 30.0 Å². The first-order valence-corrected chi connectivity index (χ1v) is 7.31. The molecule has 1 N–H and O–H groups in total. The van der Waals surface area contributed by atoms with E-state index in [0.29, 0.717) is 5.69 Å². The molecule has 1 aromatic carbocycles. The van der Waals surface area contributed by atoms with E-state index >= 15 is 0 Å². The average Bonchev–Trinajstić information content (AvgIpc) is 3.02. The lowest BCUT2D eigenvalue weighted by molar-refractivity contribution is 0.102. The van der Waals surface area contributed by atoms with Gasteiger partial charge in [0.25, 0.3) is 5.91 Å². The maximum absolute atomic E-state index is 12.3. The fourth-order valence-electron chi connectivity index (χ4n) is 2.63. The van der Waals surface area contributed by atoms with Gasteiger partial charge in [0.15, 0.2) is 0 Å². The van der Waals surface area contributed by atoms with Gasteiger partial charge in [-0.15, -0.1) is 0 Å². The van der Waals surface area contributed by atoms with Crippen molar-refractivity contribution in [2.75, 3.05) is 23.3 Å². The van der Waals surface area contributed by atoms with E-state index in [9.17, 15) is 4.79 Å². The van der Waals surface area contributed by atoms with E-state index in [2.05, 4.69) is 15.2 Å². The molecule has 0 spiro atoms. The van der Waals surface area contributed by atoms with Crippen LogP contribution in [0.3, 0.4) is 0 Å². The Morgan fingerprint density at radius 2 is 2.00 bits per heavy atom. The summed E-state index contributed by atoms with van der Waals surface area (Å²) in [5.41, 5.74) is 3.46. The van der Waals surface area contributed by atoms with Crippen molar-refractivity contribution >= 4 is 17.3 Å². The van der Waals surface area contributed by atoms with Crippen molar-refractivity contribution in [1.82, 2.24) is 4.98 Å². The predicted octanol–water partition coefficient (Wildman–Crippen LogP) is 3.24. The fourth-order valence-corrected chi connectivity index (χ4v) is 2.63. The fraction of sp³-hybridized carbons (Fsp3) is 0.294. The first kappa shape index (κ1) is 13.6. The second-order valence-electron chi connectivity index (χ2n) is 5.42. The molecule has 0 unspecified atom stereocenters. The third-order valence-electron chi connectivity index (χ3n) is 3.72. The van der Waals surface area contributed by atoms with Crippen molar-refractivity contribution in [3.63, 3.8) is 0 Å². The maximum atomic E-state index is 12.3. The Morgan fingerprint density at radius 3 is 2.76 bits per heavy atom. The van der Waals surface area contributed by atoms with Crippen LogP contribution in [0, 0.1) is 6.92 Å². The number of nitrogens with zero attached hydrogens (tertiary/aromatic N) is 2. The molecule has 0 radical (unpaired) electrons. The van der Waals surface area contributed by atoms with Crippen molar-refractivity contribution < 1.29 is 4.79 Å². The van der Waals surface area contributed by atoms with Gasteiger partial charge >= 0.3 is 0 Å². The predicted molar refractivity (Wildman–Crippen MR) is 84.8 cm³/mol. The van der Waals surface area contributed by atoms with Crippen LogP contribution in [0.2, 0.25) is 0 Å². The highest BCUT2D eigenvalue weighted by molar-refractivity contribution is 6.03. The van der Waals surface area contributed by atoms with Crippen LogP contribution in [0.1, 0.15) is 28.9 Å². The van der Waals surface area contributed by atoms with E-state index in [1.54, 1.807) is 6.20 Å². The summed E-state index contributed by atoms with van der Waals surface area (Å²) < 4.78 is 0. The second-order valence-corrected chi connectivity index (χ2v) is 5.42. The van der Waals surface area contributed by atoms with E-state index in [4.69, 9.17) is 0 Å². The summed E-state index contributed by atoms with van der Waals surface area (Å²) in [7, 11) is 0. The van der Waals surface area contributed by atoms with Gasteiger partial charge in [0.1, 0.15) is 5.69 Å². The number of hydrogen-bond donors (Lipinski definition) is 1. The lowest BCUT2D eigenvalue weighted by Gasteiger charge is -2.17. The molecule has 1 saturated heterocycles. The van der Waals surface area contributed by atoms with Crippen molar-refractivity contribution in [2.24, 2.45) is 0 Å². The molecule has 2 heterocycles. The molecule has 0 aliphatic carbocycles. The van der Waals surface area contributed by atoms with E-state index in [1.807, 2.05) is 43.3 Å². The van der Waals surface area contributed by atoms with Crippen LogP contribution in [-0.2, 0) is 0 Å². The number of amides is 1. The molecule has 1 aromatic heterocycles. The molecule has 3 rings (SSSR count). The molecule has 2 aromatic rings. The standard InChI is InChI=1S/C17H19N3O/c1-13-5-4-6-14(11-13)19-17(21)16-12-15(7-8-18-16)20-9-2-3-10-20/h4-8,11-12H,2-3,9-10H2,1H3,(H,19,21). The van der Waals surface area contributed by atoms with Crippen molar-refractivity contribution in [1.29, 1.82) is 0 Å². The van der Waals surface area contributed by atoms with Crippen LogP contribution in [-0.4, -0.2) is 24.0 Å². The van der Waals surface area contributed by atoms with Crippen LogP contribution in [0.25, 0.3) is 0 Å². The second kappa shape index (κ2) is 5.95. The molecule has 0 saturated carbocycles. The molecule has 1 aliphatic rings. The van der Waals surface area contributed by atoms with E-state index in [1.165, 1.54) is 12.8 Å². The lowest BCUT2D eigenvalue weighted by atomic mass is 10.2. The summed E-state index contributed by atoms with van der Waals surface area (Å²) in [4.78, 5) is 18.8. The number of aryl methyl sites for hydroxylation is 1. The van der Waals surface area contributed by atoms with Gasteiger partial charge in [-0.05, 0) is 49.6 Å². The molecular weight excluding hydrogens is 262 g/mol. The molecule has 1 aliphatic heterocycles. The Kier molecular flexibility index (Phi) is 3.86. The Hall–Kier alpha value is -2.36. The number of carbonyl (C=O) groups is 1. The SMILES string of the molecule is Cc1cccc(NC(=O)c2cc(N3CCCC3)ccn2)c1. The van der Waals surface area contributed by atoms with Gasteiger partial charge in [0, 0.05) is 30.7 Å². The summed E-state index contributed by atoms with van der Waals surface area (Å²) in [6, 6.07) is 11.6. The Bertz CT molecular complexity index is 648. The summed E-state index contributed by atoms with van der Waals surface area (Å²) >= 11 is 0. The van der Waals surface area contributed by atoms with Crippen LogP contribution in [0.5, 0.6) is 0 Å². The number of nitrogens with one attached hydrogen (secondary N) is 1. The van der Waals surface area contributed by atoms with Crippen molar-refractivity contribution in [3.05, 3.63) is 53.9 Å². The van der Waals surface area contributed by atoms with Crippen LogP contribution < -0.4 is 10.2 Å².